The number of halogens is 1. The SMILES string of the molecule is CC[C@H](N)CSc1ccc(Cl)cc1. The third-order valence-corrected chi connectivity index (χ3v) is 3.25. The van der Waals surface area contributed by atoms with Crippen LogP contribution in [-0.4, -0.2) is 11.8 Å². The van der Waals surface area contributed by atoms with Gasteiger partial charge in [-0.2, -0.15) is 0 Å². The van der Waals surface area contributed by atoms with Gasteiger partial charge in [-0.3, -0.25) is 0 Å². The lowest BCUT2D eigenvalue weighted by atomic mass is 10.3. The topological polar surface area (TPSA) is 26.0 Å². The first kappa shape index (κ1) is 10.9. The summed E-state index contributed by atoms with van der Waals surface area (Å²) in [4.78, 5) is 1.23. The Morgan fingerprint density at radius 2 is 2.00 bits per heavy atom. The predicted octanol–water partition coefficient (Wildman–Crippen LogP) is 3.17. The molecule has 0 aromatic heterocycles. The Kier molecular flexibility index (Phi) is 4.64. The molecule has 1 aromatic carbocycles. The Labute approximate surface area is 88.7 Å². The van der Waals surface area contributed by atoms with Crippen LogP contribution in [0.15, 0.2) is 29.2 Å². The Hall–Kier alpha value is -0.180. The predicted molar refractivity (Wildman–Crippen MR) is 60.4 cm³/mol. The third-order valence-electron chi connectivity index (χ3n) is 1.80. The molecule has 1 atom stereocenters. The van der Waals surface area contributed by atoms with Crippen LogP contribution in [0.3, 0.4) is 0 Å². The molecule has 0 fully saturated rings. The summed E-state index contributed by atoms with van der Waals surface area (Å²) in [5.74, 6) is 0.970. The van der Waals surface area contributed by atoms with Gasteiger partial charge in [0.15, 0.2) is 0 Å². The van der Waals surface area contributed by atoms with Crippen LogP contribution in [0.1, 0.15) is 13.3 Å². The average Bonchev–Trinajstić information content (AvgIpc) is 2.16. The van der Waals surface area contributed by atoms with Crippen molar-refractivity contribution in [3.8, 4) is 0 Å². The van der Waals surface area contributed by atoms with Crippen LogP contribution < -0.4 is 5.73 Å². The van der Waals surface area contributed by atoms with E-state index in [1.165, 1.54) is 4.90 Å². The molecule has 0 radical (unpaired) electrons. The van der Waals surface area contributed by atoms with E-state index in [2.05, 4.69) is 6.92 Å². The molecule has 0 unspecified atom stereocenters. The van der Waals surface area contributed by atoms with E-state index in [0.29, 0.717) is 6.04 Å². The average molecular weight is 216 g/mol. The molecule has 13 heavy (non-hydrogen) atoms. The molecule has 1 aromatic rings. The number of nitrogens with two attached hydrogens (primary N) is 1. The van der Waals surface area contributed by atoms with Gasteiger partial charge in [-0.25, -0.2) is 0 Å². The van der Waals surface area contributed by atoms with Crippen molar-refractivity contribution in [2.75, 3.05) is 5.75 Å². The molecule has 3 heteroatoms. The van der Waals surface area contributed by atoms with Crippen molar-refractivity contribution in [3.63, 3.8) is 0 Å². The zero-order chi connectivity index (χ0) is 9.68. The van der Waals surface area contributed by atoms with Crippen LogP contribution in [0.5, 0.6) is 0 Å². The molecule has 0 amide bonds. The number of benzene rings is 1. The molecule has 0 aliphatic rings. The molecule has 2 N–H and O–H groups in total. The normalized spacial score (nSPS) is 12.8. The third kappa shape index (κ3) is 4.03. The summed E-state index contributed by atoms with van der Waals surface area (Å²) in [7, 11) is 0. The highest BCUT2D eigenvalue weighted by atomic mass is 35.5. The summed E-state index contributed by atoms with van der Waals surface area (Å²) in [6, 6.07) is 8.15. The quantitative estimate of drug-likeness (QED) is 0.781. The van der Waals surface area contributed by atoms with E-state index in [4.69, 9.17) is 17.3 Å². The van der Waals surface area contributed by atoms with E-state index in [1.807, 2.05) is 24.3 Å². The van der Waals surface area contributed by atoms with E-state index in [0.717, 1.165) is 17.2 Å². The minimum Gasteiger partial charge on any atom is -0.327 e. The van der Waals surface area contributed by atoms with Gasteiger partial charge < -0.3 is 5.73 Å². The summed E-state index contributed by atoms with van der Waals surface area (Å²) in [5, 5.41) is 0.782. The number of rotatable bonds is 4. The summed E-state index contributed by atoms with van der Waals surface area (Å²) in [6.45, 7) is 2.10. The van der Waals surface area contributed by atoms with Crippen LogP contribution in [0.2, 0.25) is 5.02 Å². The fraction of sp³-hybridized carbons (Fsp3) is 0.400. The number of hydrogen-bond donors (Lipinski definition) is 1. The monoisotopic (exact) mass is 215 g/mol. The highest BCUT2D eigenvalue weighted by molar-refractivity contribution is 7.99. The van der Waals surface area contributed by atoms with E-state index in [-0.39, 0.29) is 0 Å². The molecule has 72 valence electrons. The molecule has 0 saturated heterocycles. The zero-order valence-electron chi connectivity index (χ0n) is 7.66. The van der Waals surface area contributed by atoms with Crippen molar-refractivity contribution in [3.05, 3.63) is 29.3 Å². The lowest BCUT2D eigenvalue weighted by molar-refractivity contribution is 0.725. The maximum atomic E-state index is 5.80. The lowest BCUT2D eigenvalue weighted by Crippen LogP contribution is -2.21. The van der Waals surface area contributed by atoms with Crippen LogP contribution in [0.4, 0.5) is 0 Å². The van der Waals surface area contributed by atoms with Crippen LogP contribution in [-0.2, 0) is 0 Å². The first-order chi connectivity index (χ1) is 6.22. The Balaban J connectivity index is 2.41. The first-order valence-corrected chi connectivity index (χ1v) is 5.72. The van der Waals surface area contributed by atoms with E-state index in [1.54, 1.807) is 11.8 Å². The lowest BCUT2D eigenvalue weighted by Gasteiger charge is -2.07. The van der Waals surface area contributed by atoms with E-state index >= 15 is 0 Å². The van der Waals surface area contributed by atoms with Gasteiger partial charge in [-0.1, -0.05) is 18.5 Å². The highest BCUT2D eigenvalue weighted by Gasteiger charge is 2.00. The summed E-state index contributed by atoms with van der Waals surface area (Å²) in [6.07, 6.45) is 1.03. The summed E-state index contributed by atoms with van der Waals surface area (Å²) >= 11 is 7.55. The summed E-state index contributed by atoms with van der Waals surface area (Å²) < 4.78 is 0. The van der Waals surface area contributed by atoms with Crippen molar-refractivity contribution in [2.45, 2.75) is 24.3 Å². The fourth-order valence-electron chi connectivity index (χ4n) is 0.852. The molecule has 1 rings (SSSR count). The second-order valence-electron chi connectivity index (χ2n) is 2.93. The summed E-state index contributed by atoms with van der Waals surface area (Å²) in [5.41, 5.74) is 5.80. The van der Waals surface area contributed by atoms with Crippen LogP contribution in [0, 0.1) is 0 Å². The molecular weight excluding hydrogens is 202 g/mol. The minimum absolute atomic E-state index is 0.292. The molecule has 0 aliphatic heterocycles. The van der Waals surface area contributed by atoms with Gasteiger partial charge in [0.2, 0.25) is 0 Å². The second kappa shape index (κ2) is 5.53. The molecule has 0 saturated carbocycles. The molecule has 0 heterocycles. The largest absolute Gasteiger partial charge is 0.327 e. The van der Waals surface area contributed by atoms with Gasteiger partial charge in [0.1, 0.15) is 0 Å². The molecule has 1 nitrogen and oxygen atoms in total. The van der Waals surface area contributed by atoms with Crippen molar-refractivity contribution in [2.24, 2.45) is 5.73 Å². The standard InChI is InChI=1S/C10H14ClNS/c1-2-9(12)7-13-10-5-3-8(11)4-6-10/h3-6,9H,2,7,12H2,1H3/t9-/m0/s1. The van der Waals surface area contributed by atoms with Gasteiger partial charge in [0.25, 0.3) is 0 Å². The van der Waals surface area contributed by atoms with Crippen LogP contribution in [0.25, 0.3) is 0 Å². The zero-order valence-corrected chi connectivity index (χ0v) is 9.24. The van der Waals surface area contributed by atoms with Gasteiger partial charge in [0, 0.05) is 21.7 Å². The molecule has 0 spiro atoms. The van der Waals surface area contributed by atoms with E-state index in [9.17, 15) is 0 Å². The second-order valence-corrected chi connectivity index (χ2v) is 4.46. The number of thioether (sulfide) groups is 1. The minimum atomic E-state index is 0.292. The molecule has 0 bridgehead atoms. The van der Waals surface area contributed by atoms with Gasteiger partial charge in [-0.15, -0.1) is 11.8 Å². The first-order valence-electron chi connectivity index (χ1n) is 4.36. The fourth-order valence-corrected chi connectivity index (χ4v) is 1.95. The number of hydrogen-bond acceptors (Lipinski definition) is 2. The maximum Gasteiger partial charge on any atom is 0.0406 e. The molecule has 0 aliphatic carbocycles. The van der Waals surface area contributed by atoms with Gasteiger partial charge in [0.05, 0.1) is 0 Å². The van der Waals surface area contributed by atoms with Crippen molar-refractivity contribution in [1.29, 1.82) is 0 Å². The van der Waals surface area contributed by atoms with Crippen molar-refractivity contribution in [1.82, 2.24) is 0 Å². The van der Waals surface area contributed by atoms with Crippen molar-refractivity contribution < 1.29 is 0 Å². The Morgan fingerprint density at radius 1 is 1.38 bits per heavy atom. The van der Waals surface area contributed by atoms with Crippen molar-refractivity contribution >= 4 is 23.4 Å². The molecular formula is C10H14ClNS. The van der Waals surface area contributed by atoms with Crippen LogP contribution >= 0.6 is 23.4 Å². The Morgan fingerprint density at radius 3 is 2.54 bits per heavy atom. The van der Waals surface area contributed by atoms with Gasteiger partial charge >= 0.3 is 0 Å². The highest BCUT2D eigenvalue weighted by Crippen LogP contribution is 2.20. The van der Waals surface area contributed by atoms with Gasteiger partial charge in [-0.05, 0) is 30.7 Å². The van der Waals surface area contributed by atoms with E-state index < -0.39 is 0 Å². The smallest absolute Gasteiger partial charge is 0.0406 e. The Bertz CT molecular complexity index is 248. The maximum absolute atomic E-state index is 5.80.